The molecule has 0 unspecified atom stereocenters. The molecule has 0 aliphatic rings. The quantitative estimate of drug-likeness (QED) is 0.694. The van der Waals surface area contributed by atoms with E-state index in [0.29, 0.717) is 0 Å². The Balaban J connectivity index is 1.61. The van der Waals surface area contributed by atoms with Crippen LogP contribution in [-0.2, 0) is 6.54 Å². The lowest BCUT2D eigenvalue weighted by Crippen LogP contribution is -2.16. The monoisotopic (exact) mass is 293 g/mol. The van der Waals surface area contributed by atoms with Crippen molar-refractivity contribution in [3.8, 4) is 0 Å². The van der Waals surface area contributed by atoms with Gasteiger partial charge in [-0.1, -0.05) is 39.5 Å². The number of hydrogen-bond acceptors (Lipinski definition) is 3. The molecule has 0 saturated heterocycles. The van der Waals surface area contributed by atoms with Gasteiger partial charge in [0, 0.05) is 18.1 Å². The van der Waals surface area contributed by atoms with E-state index in [0.717, 1.165) is 29.7 Å². The minimum atomic E-state index is 0.853. The summed E-state index contributed by atoms with van der Waals surface area (Å²) < 4.78 is 2.20. The van der Waals surface area contributed by atoms with Gasteiger partial charge in [0.25, 0.3) is 0 Å². The molecule has 0 aliphatic carbocycles. The molecular weight excluding hydrogens is 266 g/mol. The zero-order valence-electron chi connectivity index (χ0n) is 13.0. The fourth-order valence-electron chi connectivity index (χ4n) is 2.52. The number of rotatable bonds is 9. The first kappa shape index (κ1) is 15.5. The number of unbranched alkanes of at least 4 members (excludes halogenated alkanes) is 3. The standard InChI is InChI=1S/C16H27N3S/c1-13(2)8-6-4-5-7-9-17-12-15-14(3)18-16-19(15)10-11-20-16/h10-11,13,17H,4-9,12H2,1-3H3. The van der Waals surface area contributed by atoms with Gasteiger partial charge in [0.2, 0.25) is 0 Å². The van der Waals surface area contributed by atoms with Gasteiger partial charge in [-0.15, -0.1) is 11.3 Å². The molecule has 0 atom stereocenters. The summed E-state index contributed by atoms with van der Waals surface area (Å²) >= 11 is 1.70. The molecule has 3 nitrogen and oxygen atoms in total. The van der Waals surface area contributed by atoms with Gasteiger partial charge < -0.3 is 5.32 Å². The number of aryl methyl sites for hydroxylation is 1. The molecule has 112 valence electrons. The smallest absolute Gasteiger partial charge is 0.194 e. The van der Waals surface area contributed by atoms with Crippen LogP contribution in [-0.4, -0.2) is 15.9 Å². The van der Waals surface area contributed by atoms with E-state index in [9.17, 15) is 0 Å². The number of thiazole rings is 1. The molecule has 4 heteroatoms. The lowest BCUT2D eigenvalue weighted by Gasteiger charge is -2.06. The van der Waals surface area contributed by atoms with Crippen LogP contribution < -0.4 is 5.32 Å². The molecule has 0 fully saturated rings. The van der Waals surface area contributed by atoms with E-state index in [1.165, 1.54) is 37.8 Å². The zero-order valence-corrected chi connectivity index (χ0v) is 13.8. The van der Waals surface area contributed by atoms with Crippen LogP contribution in [0.15, 0.2) is 11.6 Å². The van der Waals surface area contributed by atoms with Gasteiger partial charge in [-0.2, -0.15) is 0 Å². The van der Waals surface area contributed by atoms with Crippen LogP contribution in [0.3, 0.4) is 0 Å². The molecule has 0 aliphatic heterocycles. The Morgan fingerprint density at radius 1 is 1.25 bits per heavy atom. The van der Waals surface area contributed by atoms with Crippen molar-refractivity contribution in [2.45, 2.75) is 59.4 Å². The van der Waals surface area contributed by atoms with Gasteiger partial charge in [-0.05, 0) is 25.8 Å². The van der Waals surface area contributed by atoms with Crippen LogP contribution in [0.4, 0.5) is 0 Å². The third kappa shape index (κ3) is 4.32. The predicted octanol–water partition coefficient (Wildman–Crippen LogP) is 4.40. The zero-order chi connectivity index (χ0) is 14.4. The summed E-state index contributed by atoms with van der Waals surface area (Å²) in [5.74, 6) is 0.853. The van der Waals surface area contributed by atoms with E-state index in [-0.39, 0.29) is 0 Å². The minimum absolute atomic E-state index is 0.853. The maximum absolute atomic E-state index is 4.57. The Morgan fingerprint density at radius 3 is 2.85 bits per heavy atom. The number of nitrogens with zero attached hydrogens (tertiary/aromatic N) is 2. The highest BCUT2D eigenvalue weighted by Crippen LogP contribution is 2.16. The van der Waals surface area contributed by atoms with Crippen LogP contribution in [0.25, 0.3) is 4.96 Å². The molecule has 1 N–H and O–H groups in total. The molecule has 0 bridgehead atoms. The molecule has 2 aromatic heterocycles. The van der Waals surface area contributed by atoms with Gasteiger partial charge in [0.1, 0.15) is 0 Å². The molecule has 20 heavy (non-hydrogen) atoms. The van der Waals surface area contributed by atoms with Crippen LogP contribution >= 0.6 is 11.3 Å². The van der Waals surface area contributed by atoms with Crippen molar-refractivity contribution in [2.75, 3.05) is 6.54 Å². The highest BCUT2D eigenvalue weighted by atomic mass is 32.1. The van der Waals surface area contributed by atoms with Crippen molar-refractivity contribution < 1.29 is 0 Å². The molecule has 0 saturated carbocycles. The summed E-state index contributed by atoms with van der Waals surface area (Å²) in [4.78, 5) is 5.68. The molecule has 2 rings (SSSR count). The highest BCUT2D eigenvalue weighted by molar-refractivity contribution is 7.15. The summed E-state index contributed by atoms with van der Waals surface area (Å²) in [6.45, 7) is 8.75. The van der Waals surface area contributed by atoms with Crippen molar-refractivity contribution in [3.63, 3.8) is 0 Å². The predicted molar refractivity (Wildman–Crippen MR) is 87.4 cm³/mol. The fourth-order valence-corrected chi connectivity index (χ4v) is 3.30. The van der Waals surface area contributed by atoms with Crippen LogP contribution in [0, 0.1) is 12.8 Å². The Kier molecular flexibility index (Phi) is 6.05. The topological polar surface area (TPSA) is 29.3 Å². The fraction of sp³-hybridized carbons (Fsp3) is 0.688. The van der Waals surface area contributed by atoms with Crippen molar-refractivity contribution >= 4 is 16.3 Å². The number of hydrogen-bond donors (Lipinski definition) is 1. The first-order valence-corrected chi connectivity index (χ1v) is 8.68. The Bertz CT molecular complexity index is 513. The third-order valence-electron chi connectivity index (χ3n) is 3.74. The summed E-state index contributed by atoms with van der Waals surface area (Å²) in [6, 6.07) is 0. The second kappa shape index (κ2) is 7.79. The summed E-state index contributed by atoms with van der Waals surface area (Å²) in [5, 5.41) is 5.65. The van der Waals surface area contributed by atoms with Crippen LogP contribution in [0.2, 0.25) is 0 Å². The molecule has 2 aromatic rings. The second-order valence-electron chi connectivity index (χ2n) is 5.97. The van der Waals surface area contributed by atoms with Crippen LogP contribution in [0.5, 0.6) is 0 Å². The largest absolute Gasteiger partial charge is 0.311 e. The first-order valence-electron chi connectivity index (χ1n) is 7.80. The van der Waals surface area contributed by atoms with Crippen molar-refractivity contribution in [2.24, 2.45) is 5.92 Å². The summed E-state index contributed by atoms with van der Waals surface area (Å²) in [5.41, 5.74) is 2.46. The van der Waals surface area contributed by atoms with E-state index in [2.05, 4.69) is 47.0 Å². The van der Waals surface area contributed by atoms with Gasteiger partial charge >= 0.3 is 0 Å². The van der Waals surface area contributed by atoms with E-state index < -0.39 is 0 Å². The lowest BCUT2D eigenvalue weighted by molar-refractivity contribution is 0.511. The molecule has 2 heterocycles. The van der Waals surface area contributed by atoms with Crippen molar-refractivity contribution in [1.29, 1.82) is 0 Å². The van der Waals surface area contributed by atoms with E-state index in [4.69, 9.17) is 0 Å². The van der Waals surface area contributed by atoms with E-state index >= 15 is 0 Å². The van der Waals surface area contributed by atoms with Crippen molar-refractivity contribution in [3.05, 3.63) is 23.0 Å². The SMILES string of the molecule is Cc1nc2sccn2c1CNCCCCCCC(C)C. The van der Waals surface area contributed by atoms with Gasteiger partial charge in [-0.3, -0.25) is 4.40 Å². The molecular formula is C16H27N3S. The Labute approximate surface area is 126 Å². The van der Waals surface area contributed by atoms with Gasteiger partial charge in [-0.25, -0.2) is 4.98 Å². The maximum atomic E-state index is 4.57. The number of aromatic nitrogens is 2. The number of imidazole rings is 1. The maximum Gasteiger partial charge on any atom is 0.194 e. The molecule has 0 amide bonds. The first-order chi connectivity index (χ1) is 9.68. The van der Waals surface area contributed by atoms with E-state index in [1.54, 1.807) is 11.3 Å². The van der Waals surface area contributed by atoms with Gasteiger partial charge in [0.15, 0.2) is 4.96 Å². The Hall–Kier alpha value is -0.870. The second-order valence-corrected chi connectivity index (χ2v) is 6.85. The average Bonchev–Trinajstić information content (AvgIpc) is 2.94. The molecule has 0 spiro atoms. The number of fused-ring (bicyclic) bond motifs is 1. The molecule has 0 aromatic carbocycles. The van der Waals surface area contributed by atoms with Gasteiger partial charge in [0.05, 0.1) is 11.4 Å². The molecule has 0 radical (unpaired) electrons. The summed E-state index contributed by atoms with van der Waals surface area (Å²) in [6.07, 6.45) is 8.87. The normalized spacial score (nSPS) is 11.8. The summed E-state index contributed by atoms with van der Waals surface area (Å²) in [7, 11) is 0. The lowest BCUT2D eigenvalue weighted by atomic mass is 10.0. The highest BCUT2D eigenvalue weighted by Gasteiger charge is 2.08. The van der Waals surface area contributed by atoms with Crippen LogP contribution in [0.1, 0.15) is 57.3 Å². The average molecular weight is 293 g/mol. The van der Waals surface area contributed by atoms with E-state index in [1.807, 2.05) is 0 Å². The number of nitrogens with one attached hydrogen (secondary N) is 1. The Morgan fingerprint density at radius 2 is 2.05 bits per heavy atom. The van der Waals surface area contributed by atoms with Crippen molar-refractivity contribution in [1.82, 2.24) is 14.7 Å². The minimum Gasteiger partial charge on any atom is -0.311 e. The third-order valence-corrected chi connectivity index (χ3v) is 4.50.